The number of fused-ring (bicyclic) bond motifs is 1. The van der Waals surface area contributed by atoms with Gasteiger partial charge in [-0.05, 0) is 49.7 Å². The van der Waals surface area contributed by atoms with E-state index in [2.05, 4.69) is 25.6 Å². The highest BCUT2D eigenvalue weighted by molar-refractivity contribution is 6.09. The van der Waals surface area contributed by atoms with Crippen LogP contribution in [0.3, 0.4) is 0 Å². The Hall–Kier alpha value is -3.81. The summed E-state index contributed by atoms with van der Waals surface area (Å²) in [6.45, 7) is 3.71. The summed E-state index contributed by atoms with van der Waals surface area (Å²) >= 11 is 0. The van der Waals surface area contributed by atoms with Gasteiger partial charge in [-0.25, -0.2) is 9.97 Å². The molecule has 3 heterocycles. The molecule has 0 saturated heterocycles. The largest absolute Gasteiger partial charge is 0.347 e. The maximum atomic E-state index is 13.1. The minimum atomic E-state index is -0.659. The van der Waals surface area contributed by atoms with Gasteiger partial charge in [0.05, 0.1) is 16.7 Å². The van der Waals surface area contributed by atoms with Gasteiger partial charge < -0.3 is 15.5 Å². The Morgan fingerprint density at radius 3 is 2.67 bits per heavy atom. The van der Waals surface area contributed by atoms with Crippen LogP contribution in [-0.4, -0.2) is 40.9 Å². The Kier molecular flexibility index (Phi) is 4.69. The van der Waals surface area contributed by atoms with Crippen molar-refractivity contribution < 1.29 is 9.59 Å². The molecule has 2 amide bonds. The van der Waals surface area contributed by atoms with Crippen molar-refractivity contribution in [2.24, 2.45) is 0 Å². The van der Waals surface area contributed by atoms with Gasteiger partial charge in [-0.1, -0.05) is 0 Å². The van der Waals surface area contributed by atoms with Gasteiger partial charge in [-0.3, -0.25) is 14.6 Å². The van der Waals surface area contributed by atoms with Crippen LogP contribution in [0, 0.1) is 0 Å². The third-order valence-corrected chi connectivity index (χ3v) is 5.12. The predicted octanol–water partition coefficient (Wildman–Crippen LogP) is 3.09. The van der Waals surface area contributed by atoms with E-state index in [1.165, 1.54) is 6.20 Å². The monoisotopic (exact) mass is 402 g/mol. The second kappa shape index (κ2) is 7.22. The number of rotatable bonds is 4. The second-order valence-corrected chi connectivity index (χ2v) is 7.86. The predicted molar refractivity (Wildman–Crippen MR) is 116 cm³/mol. The average molecular weight is 402 g/mol. The molecule has 8 nitrogen and oxygen atoms in total. The number of carbonyl (C=O) groups is 2. The van der Waals surface area contributed by atoms with E-state index >= 15 is 0 Å². The van der Waals surface area contributed by atoms with Crippen LogP contribution in [0.25, 0.3) is 11.3 Å². The molecular formula is C22H22N6O2. The third kappa shape index (κ3) is 3.36. The lowest BCUT2D eigenvalue weighted by Crippen LogP contribution is -2.27. The Morgan fingerprint density at radius 1 is 1.17 bits per heavy atom. The van der Waals surface area contributed by atoms with Gasteiger partial charge in [-0.2, -0.15) is 0 Å². The van der Waals surface area contributed by atoms with Crippen molar-refractivity contribution in [2.75, 3.05) is 29.6 Å². The number of pyridine rings is 1. The summed E-state index contributed by atoms with van der Waals surface area (Å²) in [5, 5.41) is 5.77. The first-order valence-corrected chi connectivity index (χ1v) is 9.49. The lowest BCUT2D eigenvalue weighted by Gasteiger charge is -2.17. The minimum absolute atomic E-state index is 0.0625. The molecule has 8 heteroatoms. The van der Waals surface area contributed by atoms with Crippen molar-refractivity contribution in [1.82, 2.24) is 15.0 Å². The lowest BCUT2D eigenvalue weighted by atomic mass is 9.86. The van der Waals surface area contributed by atoms with Crippen molar-refractivity contribution in [3.8, 4) is 11.3 Å². The zero-order valence-electron chi connectivity index (χ0n) is 17.2. The molecule has 1 aliphatic heterocycles. The van der Waals surface area contributed by atoms with Crippen LogP contribution < -0.4 is 15.5 Å². The fourth-order valence-corrected chi connectivity index (χ4v) is 3.32. The summed E-state index contributed by atoms with van der Waals surface area (Å²) < 4.78 is 0. The van der Waals surface area contributed by atoms with E-state index in [1.807, 2.05) is 40.1 Å². The lowest BCUT2D eigenvalue weighted by molar-refractivity contribution is -0.119. The summed E-state index contributed by atoms with van der Waals surface area (Å²) in [6, 6.07) is 9.02. The van der Waals surface area contributed by atoms with Gasteiger partial charge in [0.1, 0.15) is 0 Å². The molecule has 30 heavy (non-hydrogen) atoms. The zero-order valence-corrected chi connectivity index (χ0v) is 17.2. The SMILES string of the molecule is CN(C)c1ncc(C(=O)Nc2ccc3c(c2)C(C)(C)C(=O)N3)c(-c2cccnc2)n1. The maximum Gasteiger partial charge on any atom is 0.259 e. The fourth-order valence-electron chi connectivity index (χ4n) is 3.32. The molecule has 1 aromatic carbocycles. The van der Waals surface area contributed by atoms with Crippen molar-refractivity contribution >= 4 is 29.1 Å². The van der Waals surface area contributed by atoms with Gasteiger partial charge >= 0.3 is 0 Å². The van der Waals surface area contributed by atoms with Crippen LogP contribution in [0.1, 0.15) is 29.8 Å². The van der Waals surface area contributed by atoms with Crippen LogP contribution in [0.2, 0.25) is 0 Å². The van der Waals surface area contributed by atoms with E-state index in [0.29, 0.717) is 22.9 Å². The van der Waals surface area contributed by atoms with E-state index in [1.54, 1.807) is 35.5 Å². The Balaban J connectivity index is 1.70. The number of aromatic nitrogens is 3. The minimum Gasteiger partial charge on any atom is -0.347 e. The number of hydrogen-bond acceptors (Lipinski definition) is 6. The van der Waals surface area contributed by atoms with Gasteiger partial charge in [0, 0.05) is 49.6 Å². The first-order chi connectivity index (χ1) is 14.3. The number of nitrogens with zero attached hydrogens (tertiary/aromatic N) is 4. The number of carbonyl (C=O) groups excluding carboxylic acids is 2. The normalized spacial score (nSPS) is 14.1. The summed E-state index contributed by atoms with van der Waals surface area (Å²) in [4.78, 5) is 40.0. The van der Waals surface area contributed by atoms with Gasteiger partial charge in [0.15, 0.2) is 0 Å². The smallest absolute Gasteiger partial charge is 0.259 e. The highest BCUT2D eigenvalue weighted by atomic mass is 16.2. The van der Waals surface area contributed by atoms with E-state index in [-0.39, 0.29) is 11.8 Å². The number of benzene rings is 1. The van der Waals surface area contributed by atoms with Crippen molar-refractivity contribution in [3.05, 3.63) is 60.0 Å². The highest BCUT2D eigenvalue weighted by Gasteiger charge is 2.38. The number of nitrogens with one attached hydrogen (secondary N) is 2. The molecule has 152 valence electrons. The molecule has 0 bridgehead atoms. The molecule has 0 saturated carbocycles. The van der Waals surface area contributed by atoms with Crippen LogP contribution >= 0.6 is 0 Å². The van der Waals surface area contributed by atoms with Crippen molar-refractivity contribution in [3.63, 3.8) is 0 Å². The molecule has 0 spiro atoms. The third-order valence-electron chi connectivity index (χ3n) is 5.12. The summed E-state index contributed by atoms with van der Waals surface area (Å²) in [6.07, 6.45) is 4.84. The van der Waals surface area contributed by atoms with Crippen molar-refractivity contribution in [1.29, 1.82) is 0 Å². The first-order valence-electron chi connectivity index (χ1n) is 9.49. The topological polar surface area (TPSA) is 100 Å². The average Bonchev–Trinajstić information content (AvgIpc) is 2.96. The van der Waals surface area contributed by atoms with E-state index in [0.717, 1.165) is 16.8 Å². The maximum absolute atomic E-state index is 13.1. The molecule has 1 aliphatic rings. The Morgan fingerprint density at radius 2 is 1.97 bits per heavy atom. The molecule has 0 unspecified atom stereocenters. The molecule has 0 fully saturated rings. The second-order valence-electron chi connectivity index (χ2n) is 7.86. The molecule has 2 N–H and O–H groups in total. The summed E-state index contributed by atoms with van der Waals surface area (Å²) in [7, 11) is 3.67. The molecule has 2 aromatic heterocycles. The molecule has 3 aromatic rings. The molecule has 4 rings (SSSR count). The van der Waals surface area contributed by atoms with E-state index in [4.69, 9.17) is 0 Å². The van der Waals surface area contributed by atoms with E-state index < -0.39 is 5.41 Å². The molecular weight excluding hydrogens is 380 g/mol. The van der Waals surface area contributed by atoms with Gasteiger partial charge in [-0.15, -0.1) is 0 Å². The van der Waals surface area contributed by atoms with Gasteiger partial charge in [0.25, 0.3) is 5.91 Å². The Bertz CT molecular complexity index is 1140. The number of anilines is 3. The standard InChI is InChI=1S/C22H22N6O2/c1-22(2)16-10-14(7-8-17(16)26-20(22)30)25-19(29)15-12-24-21(28(3)4)27-18(15)13-6-5-9-23-11-13/h5-12H,1-4H3,(H,25,29)(H,26,30). The zero-order chi connectivity index (χ0) is 21.5. The molecule has 0 radical (unpaired) electrons. The van der Waals surface area contributed by atoms with Crippen LogP contribution in [0.15, 0.2) is 48.9 Å². The van der Waals surface area contributed by atoms with Crippen LogP contribution in [-0.2, 0) is 10.2 Å². The Labute approximate surface area is 174 Å². The summed E-state index contributed by atoms with van der Waals surface area (Å²) in [5.74, 6) is 0.0935. The number of hydrogen-bond donors (Lipinski definition) is 2. The summed E-state index contributed by atoms with van der Waals surface area (Å²) in [5.41, 5.74) is 3.10. The first kappa shape index (κ1) is 19.5. The molecule has 0 aliphatic carbocycles. The van der Waals surface area contributed by atoms with E-state index in [9.17, 15) is 9.59 Å². The van der Waals surface area contributed by atoms with Crippen LogP contribution in [0.4, 0.5) is 17.3 Å². The highest BCUT2D eigenvalue weighted by Crippen LogP contribution is 2.38. The molecule has 0 atom stereocenters. The van der Waals surface area contributed by atoms with Crippen LogP contribution in [0.5, 0.6) is 0 Å². The van der Waals surface area contributed by atoms with Gasteiger partial charge in [0.2, 0.25) is 11.9 Å². The number of amides is 2. The quantitative estimate of drug-likeness (QED) is 0.696. The van der Waals surface area contributed by atoms with Crippen molar-refractivity contribution in [2.45, 2.75) is 19.3 Å². The fraction of sp³-hybridized carbons (Fsp3) is 0.227.